The van der Waals surface area contributed by atoms with E-state index in [0.29, 0.717) is 37.0 Å². The van der Waals surface area contributed by atoms with Crippen LogP contribution >= 0.6 is 0 Å². The summed E-state index contributed by atoms with van der Waals surface area (Å²) < 4.78 is 9.41. The molecule has 0 heterocycles. The maximum atomic E-state index is 12.7. The summed E-state index contributed by atoms with van der Waals surface area (Å²) in [5.74, 6) is -1.62. The number of primary amides is 2. The third-order valence-electron chi connectivity index (χ3n) is 7.82. The second-order valence-corrected chi connectivity index (χ2v) is 11.9. The highest BCUT2D eigenvalue weighted by atomic mass is 16.5. The number of Topliss-reactive ketones (excluding diaryl/α,β-unsaturated/α-hetero) is 2. The van der Waals surface area contributed by atoms with Gasteiger partial charge in [0.2, 0.25) is 12.3 Å². The molecular weight excluding hydrogens is 672 g/mol. The van der Waals surface area contributed by atoms with Gasteiger partial charge in [0, 0.05) is 36.8 Å². The number of methoxy groups -OCH3 is 2. The van der Waals surface area contributed by atoms with Crippen molar-refractivity contribution in [1.82, 2.24) is 0 Å². The molecule has 0 saturated heterocycles. The Labute approximate surface area is 312 Å². The molecule has 4 N–H and O–H groups in total. The minimum Gasteiger partial charge on any atom is -0.469 e. The molecule has 0 aliphatic heterocycles. The fraction of sp³-hybridized carbons (Fsp3) is 0.302. The molecule has 0 spiro atoms. The van der Waals surface area contributed by atoms with Gasteiger partial charge in [0.1, 0.15) is 5.78 Å². The Hall–Kier alpha value is -5.90. The zero-order valence-corrected chi connectivity index (χ0v) is 31.1. The van der Waals surface area contributed by atoms with Crippen LogP contribution in [0.4, 0.5) is 0 Å². The van der Waals surface area contributed by atoms with Gasteiger partial charge in [0.05, 0.1) is 20.1 Å². The lowest BCUT2D eigenvalue weighted by Gasteiger charge is -2.15. The van der Waals surface area contributed by atoms with Crippen molar-refractivity contribution >= 4 is 35.8 Å². The van der Waals surface area contributed by atoms with Gasteiger partial charge in [-0.3, -0.25) is 28.8 Å². The zero-order valence-electron chi connectivity index (χ0n) is 31.1. The van der Waals surface area contributed by atoms with E-state index in [2.05, 4.69) is 22.6 Å². The number of esters is 2. The topological polar surface area (TPSA) is 173 Å². The Balaban J connectivity index is 0.000000431. The van der Waals surface area contributed by atoms with E-state index in [1.54, 1.807) is 19.1 Å². The number of hydrogen-bond acceptors (Lipinski definition) is 8. The predicted molar refractivity (Wildman–Crippen MR) is 207 cm³/mol. The average molecular weight is 725 g/mol. The molecule has 0 saturated carbocycles. The van der Waals surface area contributed by atoms with Gasteiger partial charge in [-0.15, -0.1) is 0 Å². The third-order valence-corrected chi connectivity index (χ3v) is 7.82. The van der Waals surface area contributed by atoms with Crippen molar-refractivity contribution in [2.24, 2.45) is 17.4 Å². The second-order valence-electron chi connectivity index (χ2n) is 11.9. The number of carbonyl (C=O) groups excluding carboxylic acids is 6. The maximum absolute atomic E-state index is 12.7. The molecule has 2 amide bonds. The Morgan fingerprint density at radius 1 is 0.811 bits per heavy atom. The molecule has 1 atom stereocenters. The lowest BCUT2D eigenvalue weighted by molar-refractivity contribution is -0.145. The van der Waals surface area contributed by atoms with Crippen LogP contribution < -0.4 is 11.5 Å². The number of carbonyl (C=O) groups is 6. The molecule has 0 fully saturated rings. The van der Waals surface area contributed by atoms with Crippen LogP contribution in [0.15, 0.2) is 115 Å². The molecule has 3 aromatic rings. The Morgan fingerprint density at radius 2 is 1.38 bits per heavy atom. The van der Waals surface area contributed by atoms with Crippen molar-refractivity contribution in [3.8, 4) is 0 Å². The van der Waals surface area contributed by atoms with Crippen LogP contribution in [0.2, 0.25) is 0 Å². The second kappa shape index (κ2) is 26.8. The fourth-order valence-electron chi connectivity index (χ4n) is 4.99. The number of amides is 2. The van der Waals surface area contributed by atoms with E-state index >= 15 is 0 Å². The van der Waals surface area contributed by atoms with E-state index in [1.165, 1.54) is 31.4 Å². The van der Waals surface area contributed by atoms with Gasteiger partial charge < -0.3 is 20.9 Å². The molecule has 1 aliphatic carbocycles. The largest absolute Gasteiger partial charge is 0.469 e. The van der Waals surface area contributed by atoms with E-state index in [9.17, 15) is 24.0 Å². The summed E-state index contributed by atoms with van der Waals surface area (Å²) >= 11 is 0. The summed E-state index contributed by atoms with van der Waals surface area (Å²) in [5.41, 5.74) is 14.3. The van der Waals surface area contributed by atoms with Gasteiger partial charge in [-0.1, -0.05) is 104 Å². The summed E-state index contributed by atoms with van der Waals surface area (Å²) in [7, 11) is 2.73. The normalized spacial score (nSPS) is 11.6. The van der Waals surface area contributed by atoms with Crippen molar-refractivity contribution in [3.05, 3.63) is 143 Å². The molecule has 53 heavy (non-hydrogen) atoms. The number of benzene rings is 3. The van der Waals surface area contributed by atoms with Crippen LogP contribution in [0.1, 0.15) is 82.9 Å². The minimum absolute atomic E-state index is 0.00688. The Morgan fingerprint density at radius 3 is 1.91 bits per heavy atom. The Bertz CT molecular complexity index is 1640. The Kier molecular flexibility index (Phi) is 22.9. The number of allylic oxidation sites excluding steroid dienone is 6. The van der Waals surface area contributed by atoms with Crippen molar-refractivity contribution in [1.29, 1.82) is 0 Å². The molecular formula is C43H52N2O8. The summed E-state index contributed by atoms with van der Waals surface area (Å²) in [6.07, 6.45) is 14.7. The van der Waals surface area contributed by atoms with Gasteiger partial charge >= 0.3 is 11.9 Å². The van der Waals surface area contributed by atoms with Crippen molar-refractivity contribution in [3.63, 3.8) is 0 Å². The van der Waals surface area contributed by atoms with E-state index in [-0.39, 0.29) is 30.1 Å². The number of ketones is 2. The van der Waals surface area contributed by atoms with Crippen LogP contribution in [0.5, 0.6) is 0 Å². The molecule has 1 aliphatic rings. The number of rotatable bonds is 14. The number of nitrogens with two attached hydrogens (primary N) is 2. The van der Waals surface area contributed by atoms with Crippen LogP contribution in [0, 0.1) is 12.8 Å². The first-order valence-electron chi connectivity index (χ1n) is 17.3. The monoisotopic (exact) mass is 724 g/mol. The van der Waals surface area contributed by atoms with Crippen molar-refractivity contribution < 1.29 is 38.2 Å². The summed E-state index contributed by atoms with van der Waals surface area (Å²) in [5, 5.41) is 0. The van der Waals surface area contributed by atoms with Gasteiger partial charge in [-0.05, 0) is 67.5 Å². The maximum Gasteiger partial charge on any atom is 0.309 e. The summed E-state index contributed by atoms with van der Waals surface area (Å²) in [6, 6.07) is 24.8. The first-order chi connectivity index (χ1) is 25.5. The highest BCUT2D eigenvalue weighted by Gasteiger charge is 2.25. The number of hydrogen-bond donors (Lipinski definition) is 2. The van der Waals surface area contributed by atoms with E-state index in [1.807, 2.05) is 85.8 Å². The lowest BCUT2D eigenvalue weighted by Crippen LogP contribution is -2.21. The van der Waals surface area contributed by atoms with E-state index in [0.717, 1.165) is 30.4 Å². The standard InChI is InChI=1S/C21H23NO4.C11H14O.C10H12O2.CH3NO/c1-14-9-16(12-17(10-14)20(22)24)19(23)13-18(21(25)26-2)11-15-7-5-3-4-6-8-15;1-2-11(12)9-8-10-6-4-3-5-7-10;1-12-10(11)8-7-9-5-3-2-4-6-9;2-1-3/h3-5,7-10,12,18H,6,11,13H2,1-2H3,(H2,22,24);3-7H,2,8-9H2,1H3;2-6H,7-8H2,1H3;1H,(H2,2,3)/t18-;;;/m1.../s1. The lowest BCUT2D eigenvalue weighted by atomic mass is 9.90. The van der Waals surface area contributed by atoms with Crippen LogP contribution in [0.25, 0.3) is 0 Å². The molecule has 0 aromatic heterocycles. The van der Waals surface area contributed by atoms with Crippen LogP contribution in [0.3, 0.4) is 0 Å². The highest BCUT2D eigenvalue weighted by molar-refractivity contribution is 6.01. The summed E-state index contributed by atoms with van der Waals surface area (Å²) in [4.78, 5) is 66.6. The van der Waals surface area contributed by atoms with Crippen molar-refractivity contribution in [2.75, 3.05) is 14.2 Å². The third kappa shape index (κ3) is 19.9. The smallest absolute Gasteiger partial charge is 0.309 e. The SMILES string of the molecule is CCC(=O)CCc1ccccc1.COC(=O)CCc1ccccc1.COC(=O)[C@@H](CC(=O)c1cc(C)cc(C(N)=O)c1)CC1=CCC=CC=C1.NC=O. The molecule has 0 bridgehead atoms. The number of ether oxygens (including phenoxy) is 2. The van der Waals surface area contributed by atoms with Gasteiger partial charge in [0.25, 0.3) is 0 Å². The molecule has 0 radical (unpaired) electrons. The van der Waals surface area contributed by atoms with E-state index in [4.69, 9.17) is 15.3 Å². The van der Waals surface area contributed by atoms with Crippen LogP contribution in [-0.2, 0) is 41.5 Å². The molecule has 282 valence electrons. The predicted octanol–water partition coefficient (Wildman–Crippen LogP) is 6.78. The molecule has 3 aromatic carbocycles. The molecule has 10 nitrogen and oxygen atoms in total. The molecule has 10 heteroatoms. The fourth-order valence-corrected chi connectivity index (χ4v) is 4.99. The first-order valence-corrected chi connectivity index (χ1v) is 17.3. The first kappa shape index (κ1) is 45.1. The van der Waals surface area contributed by atoms with Gasteiger partial charge in [-0.25, -0.2) is 0 Å². The van der Waals surface area contributed by atoms with Crippen molar-refractivity contribution in [2.45, 2.75) is 65.2 Å². The number of aryl methyl sites for hydroxylation is 3. The average Bonchev–Trinajstić information content (AvgIpc) is 3.45. The zero-order chi connectivity index (χ0) is 39.4. The molecule has 0 unspecified atom stereocenters. The van der Waals surface area contributed by atoms with E-state index < -0.39 is 17.8 Å². The molecule has 4 rings (SSSR count). The minimum atomic E-state index is -0.589. The summed E-state index contributed by atoms with van der Waals surface area (Å²) in [6.45, 7) is 3.70. The quantitative estimate of drug-likeness (QED) is 0.104. The van der Waals surface area contributed by atoms with Crippen LogP contribution in [-0.4, -0.2) is 50.0 Å². The van der Waals surface area contributed by atoms with Gasteiger partial charge in [-0.2, -0.15) is 0 Å². The van der Waals surface area contributed by atoms with Gasteiger partial charge in [0.15, 0.2) is 5.78 Å². The highest BCUT2D eigenvalue weighted by Crippen LogP contribution is 2.23.